The number of phosphoric acid groups is 1. The van der Waals surface area contributed by atoms with Crippen LogP contribution in [0.15, 0.2) is 109 Å². The molecule has 0 amide bonds. The lowest BCUT2D eigenvalue weighted by Crippen LogP contribution is -2.37. The van der Waals surface area contributed by atoms with Gasteiger partial charge in [0.25, 0.3) is 0 Å². The number of unbranched alkanes of at least 4 members (excludes halogenated alkanes) is 31. The molecule has 84 heavy (non-hydrogen) atoms. The predicted octanol–water partition coefficient (Wildman–Crippen LogP) is 22.5. The molecule has 9 nitrogen and oxygen atoms in total. The topological polar surface area (TPSA) is 108 Å². The molecule has 0 aromatic carbocycles. The molecule has 0 radical (unpaired) electrons. The third-order valence-corrected chi connectivity index (χ3v) is 15.8. The number of phosphoric ester groups is 1. The van der Waals surface area contributed by atoms with Crippen LogP contribution in [-0.2, 0) is 32.7 Å². The second kappa shape index (κ2) is 64.2. The van der Waals surface area contributed by atoms with E-state index in [9.17, 15) is 19.0 Å². The summed E-state index contributed by atoms with van der Waals surface area (Å²) in [6.45, 7) is 4.33. The molecular formula is C74H131NO8P+. The van der Waals surface area contributed by atoms with Crippen LogP contribution >= 0.6 is 7.82 Å². The molecule has 0 bridgehead atoms. The van der Waals surface area contributed by atoms with E-state index in [1.54, 1.807) is 0 Å². The minimum Gasteiger partial charge on any atom is -0.462 e. The smallest absolute Gasteiger partial charge is 0.462 e. The van der Waals surface area contributed by atoms with Crippen molar-refractivity contribution >= 4 is 19.8 Å². The summed E-state index contributed by atoms with van der Waals surface area (Å²) in [7, 11) is 1.47. The van der Waals surface area contributed by atoms with Gasteiger partial charge in [0, 0.05) is 12.8 Å². The number of ether oxygens (including phenoxy) is 2. The largest absolute Gasteiger partial charge is 0.472 e. The second-order valence-corrected chi connectivity index (χ2v) is 25.6. The van der Waals surface area contributed by atoms with E-state index >= 15 is 0 Å². The van der Waals surface area contributed by atoms with Gasteiger partial charge in [-0.25, -0.2) is 4.57 Å². The molecule has 0 heterocycles. The van der Waals surface area contributed by atoms with Gasteiger partial charge in [-0.05, 0) is 103 Å². The van der Waals surface area contributed by atoms with Gasteiger partial charge in [-0.3, -0.25) is 18.6 Å². The van der Waals surface area contributed by atoms with E-state index in [1.165, 1.54) is 167 Å². The zero-order valence-electron chi connectivity index (χ0n) is 55.1. The Bertz CT molecular complexity index is 1790. The Morgan fingerprint density at radius 3 is 1.02 bits per heavy atom. The van der Waals surface area contributed by atoms with Crippen LogP contribution in [-0.4, -0.2) is 74.9 Å². The summed E-state index contributed by atoms with van der Waals surface area (Å²) >= 11 is 0. The first kappa shape index (κ1) is 80.7. The third kappa shape index (κ3) is 67.8. The molecule has 2 unspecified atom stereocenters. The van der Waals surface area contributed by atoms with Gasteiger partial charge in [-0.15, -0.1) is 0 Å². The average molecular weight is 1190 g/mol. The van der Waals surface area contributed by atoms with Crippen molar-refractivity contribution in [2.45, 2.75) is 302 Å². The van der Waals surface area contributed by atoms with E-state index in [4.69, 9.17) is 18.5 Å². The molecule has 0 saturated heterocycles. The molecule has 0 aliphatic heterocycles. The molecule has 10 heteroatoms. The number of nitrogens with zero attached hydrogens (tertiary/aromatic N) is 1. The van der Waals surface area contributed by atoms with Crippen molar-refractivity contribution in [2.24, 2.45) is 0 Å². The molecule has 0 spiro atoms. The highest BCUT2D eigenvalue weighted by molar-refractivity contribution is 7.47. The Hall–Kier alpha value is -3.33. The number of hydrogen-bond acceptors (Lipinski definition) is 7. The van der Waals surface area contributed by atoms with Crippen molar-refractivity contribution < 1.29 is 42.1 Å². The fraction of sp³-hybridized carbons (Fsp3) is 0.730. The van der Waals surface area contributed by atoms with Crippen molar-refractivity contribution in [1.29, 1.82) is 0 Å². The molecule has 0 aromatic heterocycles. The molecular weight excluding hydrogens is 1060 g/mol. The van der Waals surface area contributed by atoms with Crippen molar-refractivity contribution in [2.75, 3.05) is 47.5 Å². The molecule has 0 rings (SSSR count). The first-order chi connectivity index (χ1) is 41.0. The lowest BCUT2D eigenvalue weighted by molar-refractivity contribution is -0.870. The lowest BCUT2D eigenvalue weighted by atomic mass is 10.0. The van der Waals surface area contributed by atoms with Gasteiger partial charge < -0.3 is 18.9 Å². The van der Waals surface area contributed by atoms with Crippen molar-refractivity contribution in [3.63, 3.8) is 0 Å². The number of allylic oxidation sites excluding steroid dienone is 18. The van der Waals surface area contributed by atoms with E-state index in [2.05, 4.69) is 123 Å². The maximum atomic E-state index is 12.9. The maximum absolute atomic E-state index is 12.9. The molecule has 2 atom stereocenters. The van der Waals surface area contributed by atoms with Crippen LogP contribution in [0.4, 0.5) is 0 Å². The van der Waals surface area contributed by atoms with Gasteiger partial charge >= 0.3 is 19.8 Å². The first-order valence-electron chi connectivity index (χ1n) is 34.6. The minimum absolute atomic E-state index is 0.0259. The molecule has 0 saturated carbocycles. The highest BCUT2D eigenvalue weighted by Gasteiger charge is 2.27. The van der Waals surface area contributed by atoms with Gasteiger partial charge in [-0.2, -0.15) is 0 Å². The van der Waals surface area contributed by atoms with E-state index in [0.29, 0.717) is 17.4 Å². The monoisotopic (exact) mass is 1190 g/mol. The highest BCUT2D eigenvalue weighted by atomic mass is 31.2. The van der Waals surface area contributed by atoms with Crippen LogP contribution in [0.3, 0.4) is 0 Å². The summed E-state index contributed by atoms with van der Waals surface area (Å²) in [6, 6.07) is 0. The maximum Gasteiger partial charge on any atom is 0.472 e. The summed E-state index contributed by atoms with van der Waals surface area (Å²) in [5.74, 6) is -0.803. The molecule has 0 aromatic rings. The number of rotatable bonds is 63. The number of likely N-dealkylation sites (N-methyl/N-ethyl adjacent to an activating group) is 1. The molecule has 0 fully saturated rings. The van der Waals surface area contributed by atoms with Crippen LogP contribution in [0.5, 0.6) is 0 Å². The molecule has 0 aliphatic rings. The number of carbonyl (C=O) groups excluding carboxylic acids is 2. The summed E-state index contributed by atoms with van der Waals surface area (Å²) in [5, 5.41) is 0. The zero-order valence-corrected chi connectivity index (χ0v) is 56.0. The third-order valence-electron chi connectivity index (χ3n) is 14.8. The Morgan fingerprint density at radius 1 is 0.381 bits per heavy atom. The van der Waals surface area contributed by atoms with Gasteiger partial charge in [0.15, 0.2) is 6.10 Å². The molecule has 1 N–H and O–H groups in total. The van der Waals surface area contributed by atoms with Crippen LogP contribution in [0.25, 0.3) is 0 Å². The van der Waals surface area contributed by atoms with Crippen molar-refractivity contribution in [1.82, 2.24) is 0 Å². The van der Waals surface area contributed by atoms with Crippen LogP contribution < -0.4 is 0 Å². The van der Waals surface area contributed by atoms with Crippen LogP contribution in [0, 0.1) is 0 Å². The normalized spacial score (nSPS) is 13.8. The summed E-state index contributed by atoms with van der Waals surface area (Å²) in [5.41, 5.74) is 0. The van der Waals surface area contributed by atoms with Gasteiger partial charge in [0.1, 0.15) is 19.8 Å². The Kier molecular flexibility index (Phi) is 61.6. The molecule has 0 aliphatic carbocycles. The van der Waals surface area contributed by atoms with Gasteiger partial charge in [0.2, 0.25) is 0 Å². The quantitative estimate of drug-likeness (QED) is 0.0211. The minimum atomic E-state index is -4.40. The first-order valence-corrected chi connectivity index (χ1v) is 36.1. The zero-order chi connectivity index (χ0) is 61.2. The van der Waals surface area contributed by atoms with E-state index in [1.807, 2.05) is 21.1 Å². The summed E-state index contributed by atoms with van der Waals surface area (Å²) < 4.78 is 34.7. The second-order valence-electron chi connectivity index (χ2n) is 24.2. The highest BCUT2D eigenvalue weighted by Crippen LogP contribution is 2.43. The van der Waals surface area contributed by atoms with E-state index in [0.717, 1.165) is 96.3 Å². The Morgan fingerprint density at radius 2 is 0.679 bits per heavy atom. The van der Waals surface area contributed by atoms with Crippen molar-refractivity contribution in [3.8, 4) is 0 Å². The van der Waals surface area contributed by atoms with E-state index in [-0.39, 0.29) is 32.0 Å². The van der Waals surface area contributed by atoms with Crippen LogP contribution in [0.1, 0.15) is 296 Å². The number of carbonyl (C=O) groups is 2. The SMILES string of the molecule is CC/C=C\C/C=C\C/C=C\C/C=C\C/C=C\C/C=C\C/C=C\C/C=C\CCCCCCCCCCC(=O)OC(COC(=O)CCCCCCCCCCCCCCCCC/C=C\CCCCCCCCCC)COP(=O)(O)OCC[N+](C)(C)C. The summed E-state index contributed by atoms with van der Waals surface area (Å²) in [4.78, 5) is 35.9. The number of esters is 2. The van der Waals surface area contributed by atoms with E-state index < -0.39 is 26.5 Å². The molecule has 484 valence electrons. The lowest BCUT2D eigenvalue weighted by Gasteiger charge is -2.24. The number of quaternary nitrogens is 1. The standard InChI is InChI=1S/C74H130NO8P/c1-6-8-10-12-14-16-18-20-22-24-26-28-30-32-34-35-36-37-38-39-41-43-45-47-49-51-53-55-57-59-61-63-65-67-74(77)83-72(71-82-84(78,79)81-69-68-75(3,4)5)70-80-73(76)66-64-62-60-58-56-54-52-50-48-46-44-42-40-33-31-29-27-25-23-21-19-17-15-13-11-9-7-2/h8,10,14,16,20,22,25-28,32,34,36-37,39,41,45,47,72H,6-7,9,11-13,15,17-19,21,23-24,29-31,33,35,38,40,42-44,46,48-71H2,1-5H3/p+1/b10-8-,16-14-,22-20-,27-25-,28-26-,34-32-,37-36-,41-39-,47-45-. The fourth-order valence-electron chi connectivity index (χ4n) is 9.50. The number of hydrogen-bond donors (Lipinski definition) is 1. The van der Waals surface area contributed by atoms with Gasteiger partial charge in [-0.1, -0.05) is 290 Å². The summed E-state index contributed by atoms with van der Waals surface area (Å²) in [6.07, 6.45) is 90.4. The van der Waals surface area contributed by atoms with Crippen molar-refractivity contribution in [3.05, 3.63) is 109 Å². The predicted molar refractivity (Wildman–Crippen MR) is 362 cm³/mol. The Labute approximate surface area is 518 Å². The Balaban J connectivity index is 4.11. The average Bonchev–Trinajstić information content (AvgIpc) is 3.61. The van der Waals surface area contributed by atoms with Crippen LogP contribution in [0.2, 0.25) is 0 Å². The van der Waals surface area contributed by atoms with Gasteiger partial charge in [0.05, 0.1) is 27.7 Å². The fourth-order valence-corrected chi connectivity index (χ4v) is 10.2.